The highest BCUT2D eigenvalue weighted by Crippen LogP contribution is 2.26. The molecule has 104 valence electrons. The van der Waals surface area contributed by atoms with Crippen molar-refractivity contribution in [3.05, 3.63) is 0 Å². The lowest BCUT2D eigenvalue weighted by Gasteiger charge is -2.28. The molecule has 1 rings (SSSR count). The highest BCUT2D eigenvalue weighted by molar-refractivity contribution is 6.11. The van der Waals surface area contributed by atoms with Crippen LogP contribution in [0.15, 0.2) is 0 Å². The molecule has 0 aliphatic carbocycles. The van der Waals surface area contributed by atoms with Crippen molar-refractivity contribution in [3.8, 4) is 0 Å². The summed E-state index contributed by atoms with van der Waals surface area (Å²) in [6.07, 6.45) is -0.857. The van der Waals surface area contributed by atoms with E-state index >= 15 is 0 Å². The van der Waals surface area contributed by atoms with E-state index in [4.69, 9.17) is 31.5 Å². The van der Waals surface area contributed by atoms with Crippen molar-refractivity contribution < 1.29 is 23.7 Å². The maximum absolute atomic E-state index is 5.93. The van der Waals surface area contributed by atoms with Gasteiger partial charge in [-0.2, -0.15) is 0 Å². The Morgan fingerprint density at radius 2 is 1.78 bits per heavy atom. The number of ether oxygens (including phenoxy) is 5. The molecule has 1 heterocycles. The fraction of sp³-hybridized carbons (Fsp3) is 1.00. The van der Waals surface area contributed by atoms with Gasteiger partial charge < -0.3 is 23.7 Å². The molecule has 0 amide bonds. The van der Waals surface area contributed by atoms with Crippen LogP contribution in [-0.2, 0) is 23.7 Å². The zero-order chi connectivity index (χ0) is 13.7. The van der Waals surface area contributed by atoms with Gasteiger partial charge in [-0.05, 0) is 13.8 Å². The molecule has 6 atom stereocenters. The molecule has 0 aromatic rings. The number of hydrogen-bond donors (Lipinski definition) is 0. The van der Waals surface area contributed by atoms with Crippen molar-refractivity contribution in [3.63, 3.8) is 0 Å². The lowest BCUT2D eigenvalue weighted by atomic mass is 9.92. The van der Waals surface area contributed by atoms with Gasteiger partial charge in [0.25, 0.3) is 0 Å². The Labute approximate surface area is 110 Å². The average Bonchev–Trinajstić information content (AvgIpc) is 2.64. The summed E-state index contributed by atoms with van der Waals surface area (Å²) in [4.78, 5) is 0. The second-order valence-electron chi connectivity index (χ2n) is 4.54. The minimum absolute atomic E-state index is 0.0174. The summed E-state index contributed by atoms with van der Waals surface area (Å²) < 4.78 is 27.2. The van der Waals surface area contributed by atoms with E-state index in [2.05, 4.69) is 0 Å². The largest absolute Gasteiger partial charge is 0.382 e. The van der Waals surface area contributed by atoms with Crippen molar-refractivity contribution in [2.75, 3.05) is 27.9 Å². The number of rotatable bonds is 7. The van der Waals surface area contributed by atoms with Crippen molar-refractivity contribution >= 4 is 7.85 Å². The highest BCUT2D eigenvalue weighted by atomic mass is 16.6. The maximum Gasteiger partial charge on any atom is 0.113 e. The summed E-state index contributed by atoms with van der Waals surface area (Å²) in [7, 11) is 10.8. The van der Waals surface area contributed by atoms with Gasteiger partial charge in [0, 0.05) is 27.3 Å². The van der Waals surface area contributed by atoms with Gasteiger partial charge in [0.05, 0.1) is 18.8 Å². The first-order chi connectivity index (χ1) is 8.54. The molecule has 0 aromatic carbocycles. The van der Waals surface area contributed by atoms with E-state index in [-0.39, 0.29) is 30.5 Å². The zero-order valence-corrected chi connectivity index (χ0v) is 11.8. The van der Waals surface area contributed by atoms with Crippen LogP contribution in [0.4, 0.5) is 0 Å². The van der Waals surface area contributed by atoms with Crippen LogP contribution < -0.4 is 0 Å². The second kappa shape index (κ2) is 7.45. The molecule has 1 fully saturated rings. The van der Waals surface area contributed by atoms with Gasteiger partial charge in [-0.25, -0.2) is 0 Å². The Morgan fingerprint density at radius 3 is 2.28 bits per heavy atom. The third-order valence-electron chi connectivity index (χ3n) is 3.35. The van der Waals surface area contributed by atoms with Gasteiger partial charge >= 0.3 is 0 Å². The summed E-state index contributed by atoms with van der Waals surface area (Å²) in [5, 5.41) is 0. The fourth-order valence-electron chi connectivity index (χ4n) is 2.04. The van der Waals surface area contributed by atoms with Crippen LogP contribution in [-0.4, -0.2) is 72.3 Å². The predicted octanol–water partition coefficient (Wildman–Crippen LogP) is 0.350. The quantitative estimate of drug-likeness (QED) is 0.616. The van der Waals surface area contributed by atoms with E-state index in [9.17, 15) is 0 Å². The predicted molar refractivity (Wildman–Crippen MR) is 67.9 cm³/mol. The van der Waals surface area contributed by atoms with E-state index in [1.807, 2.05) is 13.8 Å². The maximum atomic E-state index is 5.93. The Kier molecular flexibility index (Phi) is 6.59. The molecule has 6 heteroatoms. The smallest absolute Gasteiger partial charge is 0.113 e. The monoisotopic (exact) mass is 258 g/mol. The third kappa shape index (κ3) is 3.68. The van der Waals surface area contributed by atoms with E-state index in [0.717, 1.165) is 0 Å². The molecule has 5 nitrogen and oxygen atoms in total. The third-order valence-corrected chi connectivity index (χ3v) is 3.35. The summed E-state index contributed by atoms with van der Waals surface area (Å²) in [5.74, 6) is 0. The van der Waals surface area contributed by atoms with E-state index in [0.29, 0.717) is 6.61 Å². The summed E-state index contributed by atoms with van der Waals surface area (Å²) in [5.41, 5.74) is 0. The SMILES string of the molecule is [B][C@@H]1O[C@H](COC)C(OC)[C@@H]1O[C@H](C)[C@H](C)OC. The van der Waals surface area contributed by atoms with Crippen molar-refractivity contribution in [1.29, 1.82) is 0 Å². The fourth-order valence-corrected chi connectivity index (χ4v) is 2.04. The number of hydrogen-bond acceptors (Lipinski definition) is 5. The standard InChI is InChI=1S/C12H23BO5/c1-7(15-4)8(2)17-11-10(16-5)9(6-14-3)18-12(11)13/h7-12H,6H2,1-5H3/t7-,8+,9+,10?,11-,12+/m0/s1. The lowest BCUT2D eigenvalue weighted by molar-refractivity contribution is -0.113. The molecular weight excluding hydrogens is 235 g/mol. The lowest BCUT2D eigenvalue weighted by Crippen LogP contribution is -2.42. The summed E-state index contributed by atoms with van der Waals surface area (Å²) >= 11 is 0. The van der Waals surface area contributed by atoms with Gasteiger partial charge in [0.2, 0.25) is 0 Å². The molecule has 0 saturated carbocycles. The Balaban J connectivity index is 2.62. The molecule has 0 aromatic heterocycles. The molecule has 1 unspecified atom stereocenters. The summed E-state index contributed by atoms with van der Waals surface area (Å²) in [6.45, 7) is 4.32. The van der Waals surface area contributed by atoms with Crippen molar-refractivity contribution in [2.45, 2.75) is 50.4 Å². The minimum atomic E-state index is -0.512. The van der Waals surface area contributed by atoms with E-state index in [1.165, 1.54) is 0 Å². The zero-order valence-electron chi connectivity index (χ0n) is 11.8. The minimum Gasteiger partial charge on any atom is -0.382 e. The van der Waals surface area contributed by atoms with Crippen LogP contribution in [0.5, 0.6) is 0 Å². The van der Waals surface area contributed by atoms with Crippen molar-refractivity contribution in [1.82, 2.24) is 0 Å². The van der Waals surface area contributed by atoms with Gasteiger partial charge in [-0.1, -0.05) is 0 Å². The molecule has 0 bridgehead atoms. The molecule has 18 heavy (non-hydrogen) atoms. The van der Waals surface area contributed by atoms with Crippen LogP contribution in [0.1, 0.15) is 13.8 Å². The van der Waals surface area contributed by atoms with E-state index < -0.39 is 6.00 Å². The summed E-state index contributed by atoms with van der Waals surface area (Å²) in [6, 6.07) is -0.512. The second-order valence-corrected chi connectivity index (χ2v) is 4.54. The average molecular weight is 258 g/mol. The molecule has 0 N–H and O–H groups in total. The van der Waals surface area contributed by atoms with Crippen molar-refractivity contribution in [2.24, 2.45) is 0 Å². The van der Waals surface area contributed by atoms with Crippen LogP contribution >= 0.6 is 0 Å². The molecule has 2 radical (unpaired) electrons. The van der Waals surface area contributed by atoms with Crippen LogP contribution in [0.2, 0.25) is 0 Å². The normalized spacial score (nSPS) is 35.6. The Hall–Kier alpha value is -0.135. The molecule has 1 aliphatic rings. The molecule has 1 saturated heterocycles. The van der Waals surface area contributed by atoms with Crippen LogP contribution in [0, 0.1) is 0 Å². The Morgan fingerprint density at radius 1 is 1.11 bits per heavy atom. The number of methoxy groups -OCH3 is 3. The van der Waals surface area contributed by atoms with Crippen LogP contribution in [0.3, 0.4) is 0 Å². The van der Waals surface area contributed by atoms with E-state index in [1.54, 1.807) is 21.3 Å². The molecule has 0 spiro atoms. The first kappa shape index (κ1) is 15.9. The molecule has 1 aliphatic heterocycles. The van der Waals surface area contributed by atoms with Crippen LogP contribution in [0.25, 0.3) is 0 Å². The molecular formula is C12H23BO5. The Bertz CT molecular complexity index is 241. The van der Waals surface area contributed by atoms with Gasteiger partial charge in [-0.3, -0.25) is 0 Å². The van der Waals surface area contributed by atoms with Gasteiger partial charge in [0.1, 0.15) is 26.2 Å². The topological polar surface area (TPSA) is 46.2 Å². The van der Waals surface area contributed by atoms with Gasteiger partial charge in [0.15, 0.2) is 0 Å². The highest BCUT2D eigenvalue weighted by Gasteiger charge is 2.44. The van der Waals surface area contributed by atoms with Gasteiger partial charge in [-0.15, -0.1) is 0 Å². The first-order valence-electron chi connectivity index (χ1n) is 6.16. The first-order valence-corrected chi connectivity index (χ1v) is 6.16.